The number of hydrogen-bond acceptors (Lipinski definition) is 4. The van der Waals surface area contributed by atoms with Crippen molar-refractivity contribution in [2.45, 2.75) is 0 Å². The molecule has 2 saturated heterocycles. The highest BCUT2D eigenvalue weighted by atomic mass is 16.6. The van der Waals surface area contributed by atoms with E-state index in [-0.39, 0.29) is 0 Å². The summed E-state index contributed by atoms with van der Waals surface area (Å²) in [6, 6.07) is 11.8. The molecule has 20 heavy (non-hydrogen) atoms. The molecule has 2 heterocycles. The number of hydrogen-bond donors (Lipinski definition) is 0. The van der Waals surface area contributed by atoms with Gasteiger partial charge in [-0.05, 0) is 35.0 Å². The predicted molar refractivity (Wildman–Crippen MR) is 73.3 cm³/mol. The molecule has 2 aliphatic heterocycles. The first-order chi connectivity index (χ1) is 9.87. The molecule has 0 unspecified atom stereocenters. The van der Waals surface area contributed by atoms with Crippen molar-refractivity contribution in [1.29, 1.82) is 0 Å². The molecule has 0 aromatic heterocycles. The van der Waals surface area contributed by atoms with Gasteiger partial charge in [0.05, 0.1) is 0 Å². The Balaban J connectivity index is 1.57. The van der Waals surface area contributed by atoms with Crippen LogP contribution >= 0.6 is 0 Å². The minimum absolute atomic E-state index is 0.674. The van der Waals surface area contributed by atoms with Gasteiger partial charge in [0.25, 0.3) is 0 Å². The van der Waals surface area contributed by atoms with Gasteiger partial charge in [0.15, 0.2) is 11.5 Å². The maximum Gasteiger partial charge on any atom is 0.169 e. The van der Waals surface area contributed by atoms with Crippen LogP contribution in [0.4, 0.5) is 0 Å². The second-order valence-corrected chi connectivity index (χ2v) is 4.65. The topological polar surface area (TPSA) is 43.5 Å². The monoisotopic (exact) mass is 268 g/mol. The van der Waals surface area contributed by atoms with Crippen molar-refractivity contribution < 1.29 is 18.9 Å². The lowest BCUT2D eigenvalue weighted by Gasteiger charge is -2.04. The molecule has 2 aromatic carbocycles. The maximum absolute atomic E-state index is 5.51. The number of rotatable bonds is 4. The summed E-state index contributed by atoms with van der Waals surface area (Å²) in [4.78, 5) is 0. The highest BCUT2D eigenvalue weighted by molar-refractivity contribution is 5.85. The van der Waals surface area contributed by atoms with Gasteiger partial charge in [-0.1, -0.05) is 12.1 Å². The third-order valence-electron chi connectivity index (χ3n) is 3.06. The molecule has 4 rings (SSSR count). The van der Waals surface area contributed by atoms with E-state index in [9.17, 15) is 0 Å². The van der Waals surface area contributed by atoms with Gasteiger partial charge in [0.2, 0.25) is 0 Å². The van der Waals surface area contributed by atoms with Crippen LogP contribution < -0.4 is 9.47 Å². The molecular formula is C16H12O4. The van der Waals surface area contributed by atoms with Crippen LogP contribution in [0.1, 0.15) is 0 Å². The van der Waals surface area contributed by atoms with Crippen LogP contribution in [0.15, 0.2) is 60.4 Å². The summed E-state index contributed by atoms with van der Waals surface area (Å²) in [5.74, 6) is 3.35. The Hall–Kier alpha value is -2.62. The molecule has 0 N–H and O–H groups in total. The fourth-order valence-electron chi connectivity index (χ4n) is 1.84. The third-order valence-corrected chi connectivity index (χ3v) is 3.06. The third kappa shape index (κ3) is 2.54. The minimum Gasteiger partial charge on any atom is -0.483 e. The number of ether oxygens (including phenoxy) is 4. The summed E-state index contributed by atoms with van der Waals surface area (Å²) < 4.78 is 21.0. The van der Waals surface area contributed by atoms with E-state index in [1.807, 2.05) is 36.4 Å². The molecule has 0 amide bonds. The predicted octanol–water partition coefficient (Wildman–Crippen LogP) is 3.34. The summed E-state index contributed by atoms with van der Waals surface area (Å²) in [6.07, 6.45) is 3.28. The summed E-state index contributed by atoms with van der Waals surface area (Å²) in [5.41, 5.74) is 0. The van der Waals surface area contributed by atoms with E-state index in [1.165, 1.54) is 0 Å². The first kappa shape index (κ1) is 11.2. The van der Waals surface area contributed by atoms with Crippen LogP contribution in [0.25, 0.3) is 10.8 Å². The SMILES string of the molecule is C(Oc1ccc2cc(OC=C3CO3)ccc2c1)=C1CO1. The maximum atomic E-state index is 5.51. The average molecular weight is 268 g/mol. The minimum atomic E-state index is 0.674. The average Bonchev–Trinajstić information content (AvgIpc) is 3.37. The van der Waals surface area contributed by atoms with Crippen molar-refractivity contribution >= 4 is 10.8 Å². The van der Waals surface area contributed by atoms with Gasteiger partial charge in [0, 0.05) is 0 Å². The van der Waals surface area contributed by atoms with Crippen molar-refractivity contribution in [3.8, 4) is 11.5 Å². The van der Waals surface area contributed by atoms with Crippen LogP contribution in [0.5, 0.6) is 11.5 Å². The molecule has 0 atom stereocenters. The Morgan fingerprint density at radius 1 is 0.750 bits per heavy atom. The van der Waals surface area contributed by atoms with Gasteiger partial charge in [-0.15, -0.1) is 0 Å². The number of benzene rings is 2. The summed E-state index contributed by atoms with van der Waals surface area (Å²) in [6.45, 7) is 1.35. The van der Waals surface area contributed by atoms with Crippen molar-refractivity contribution in [3.63, 3.8) is 0 Å². The molecule has 0 spiro atoms. The quantitative estimate of drug-likeness (QED) is 0.630. The fourth-order valence-corrected chi connectivity index (χ4v) is 1.84. The lowest BCUT2D eigenvalue weighted by Crippen LogP contribution is -1.84. The molecule has 4 heteroatoms. The van der Waals surface area contributed by atoms with Crippen molar-refractivity contribution in [2.24, 2.45) is 0 Å². The Kier molecular flexibility index (Phi) is 2.52. The van der Waals surface area contributed by atoms with Gasteiger partial charge in [-0.2, -0.15) is 0 Å². The first-order valence-electron chi connectivity index (χ1n) is 6.38. The lowest BCUT2D eigenvalue weighted by atomic mass is 10.1. The summed E-state index contributed by atoms with van der Waals surface area (Å²) in [7, 11) is 0. The Bertz CT molecular complexity index is 655. The van der Waals surface area contributed by atoms with Crippen molar-refractivity contribution in [1.82, 2.24) is 0 Å². The largest absolute Gasteiger partial charge is 0.483 e. The Labute approximate surface area is 115 Å². The molecule has 0 aliphatic carbocycles. The van der Waals surface area contributed by atoms with Crippen LogP contribution in [0.2, 0.25) is 0 Å². The zero-order valence-corrected chi connectivity index (χ0v) is 10.7. The molecule has 2 aromatic rings. The van der Waals surface area contributed by atoms with E-state index in [0.717, 1.165) is 33.8 Å². The molecule has 0 saturated carbocycles. The number of epoxide rings is 2. The summed E-state index contributed by atoms with van der Waals surface area (Å²) in [5, 5.41) is 2.19. The molecule has 0 radical (unpaired) electrons. The van der Waals surface area contributed by atoms with Crippen LogP contribution in [-0.4, -0.2) is 13.2 Å². The van der Waals surface area contributed by atoms with Gasteiger partial charge in [-0.25, -0.2) is 0 Å². The zero-order chi connectivity index (χ0) is 13.4. The fraction of sp³-hybridized carbons (Fsp3) is 0.125. The smallest absolute Gasteiger partial charge is 0.169 e. The second kappa shape index (κ2) is 4.49. The highest BCUT2D eigenvalue weighted by Crippen LogP contribution is 2.26. The molecule has 100 valence electrons. The van der Waals surface area contributed by atoms with E-state index >= 15 is 0 Å². The molecular weight excluding hydrogens is 256 g/mol. The number of fused-ring (bicyclic) bond motifs is 1. The summed E-state index contributed by atoms with van der Waals surface area (Å²) >= 11 is 0. The Morgan fingerprint density at radius 2 is 1.20 bits per heavy atom. The van der Waals surface area contributed by atoms with E-state index in [1.54, 1.807) is 12.5 Å². The lowest BCUT2D eigenvalue weighted by molar-refractivity contribution is 0.449. The normalized spacial score (nSPS) is 19.6. The second-order valence-electron chi connectivity index (χ2n) is 4.65. The van der Waals surface area contributed by atoms with Gasteiger partial charge in [0.1, 0.15) is 37.2 Å². The standard InChI is InChI=1S/C16H12O4/c1-3-13(17-7-15-9-19-15)6-12-2-4-14(5-11(1)12)18-8-16-10-20-16/h1-8H,9-10H2. The Morgan fingerprint density at radius 3 is 1.60 bits per heavy atom. The van der Waals surface area contributed by atoms with Crippen molar-refractivity contribution in [3.05, 3.63) is 60.4 Å². The van der Waals surface area contributed by atoms with Gasteiger partial charge >= 0.3 is 0 Å². The first-order valence-corrected chi connectivity index (χ1v) is 6.38. The van der Waals surface area contributed by atoms with E-state index in [4.69, 9.17) is 18.9 Å². The molecule has 4 nitrogen and oxygen atoms in total. The zero-order valence-electron chi connectivity index (χ0n) is 10.7. The molecule has 2 fully saturated rings. The van der Waals surface area contributed by atoms with E-state index in [2.05, 4.69) is 0 Å². The van der Waals surface area contributed by atoms with Crippen LogP contribution in [-0.2, 0) is 9.47 Å². The molecule has 0 bridgehead atoms. The van der Waals surface area contributed by atoms with E-state index in [0.29, 0.717) is 13.2 Å². The molecule has 2 aliphatic rings. The van der Waals surface area contributed by atoms with Crippen LogP contribution in [0.3, 0.4) is 0 Å². The van der Waals surface area contributed by atoms with Crippen molar-refractivity contribution in [2.75, 3.05) is 13.2 Å². The van der Waals surface area contributed by atoms with Crippen LogP contribution in [0, 0.1) is 0 Å². The van der Waals surface area contributed by atoms with E-state index < -0.39 is 0 Å². The van der Waals surface area contributed by atoms with Gasteiger partial charge < -0.3 is 18.9 Å². The highest BCUT2D eigenvalue weighted by Gasteiger charge is 2.13. The van der Waals surface area contributed by atoms with Gasteiger partial charge in [-0.3, -0.25) is 0 Å².